The molecule has 0 unspecified atom stereocenters. The minimum atomic E-state index is -0.367. The van der Waals surface area contributed by atoms with Crippen LogP contribution in [0.1, 0.15) is 23.0 Å². The number of pyridine rings is 1. The predicted octanol–water partition coefficient (Wildman–Crippen LogP) is 3.24. The first-order chi connectivity index (χ1) is 9.65. The number of methoxy groups -OCH3 is 1. The van der Waals surface area contributed by atoms with Crippen LogP contribution >= 0.6 is 0 Å². The summed E-state index contributed by atoms with van der Waals surface area (Å²) in [5.74, 6) is 0.465. The zero-order chi connectivity index (χ0) is 14.5. The summed E-state index contributed by atoms with van der Waals surface area (Å²) in [6, 6.07) is 11.3. The van der Waals surface area contributed by atoms with Crippen molar-refractivity contribution in [1.29, 1.82) is 0 Å². The lowest BCUT2D eigenvalue weighted by Crippen LogP contribution is -2.05. The van der Waals surface area contributed by atoms with Crippen LogP contribution in [-0.2, 0) is 4.74 Å². The number of hydrogen-bond acceptors (Lipinski definition) is 4. The summed E-state index contributed by atoms with van der Waals surface area (Å²) in [7, 11) is 1.36. The van der Waals surface area contributed by atoms with Gasteiger partial charge in [0, 0.05) is 5.56 Å². The fourth-order valence-corrected chi connectivity index (χ4v) is 1.94. The largest absolute Gasteiger partial charge is 0.494 e. The first-order valence-corrected chi connectivity index (χ1v) is 6.45. The molecule has 2 rings (SSSR count). The van der Waals surface area contributed by atoms with Gasteiger partial charge in [0.25, 0.3) is 0 Å². The van der Waals surface area contributed by atoms with E-state index in [4.69, 9.17) is 9.47 Å². The van der Waals surface area contributed by atoms with E-state index in [2.05, 4.69) is 4.98 Å². The third-order valence-corrected chi connectivity index (χ3v) is 2.95. The Hall–Kier alpha value is -2.36. The van der Waals surface area contributed by atoms with Gasteiger partial charge in [-0.3, -0.25) is 4.98 Å². The summed E-state index contributed by atoms with van der Waals surface area (Å²) in [5.41, 5.74) is 2.94. The van der Waals surface area contributed by atoms with Crippen LogP contribution < -0.4 is 4.74 Å². The van der Waals surface area contributed by atoms with Crippen molar-refractivity contribution in [3.8, 4) is 17.0 Å². The van der Waals surface area contributed by atoms with Gasteiger partial charge in [0.15, 0.2) is 0 Å². The number of carbonyl (C=O) groups excluding carboxylic acids is 1. The number of rotatable bonds is 4. The van der Waals surface area contributed by atoms with E-state index in [-0.39, 0.29) is 5.97 Å². The van der Waals surface area contributed by atoms with E-state index in [0.29, 0.717) is 17.9 Å². The van der Waals surface area contributed by atoms with Gasteiger partial charge in [0.2, 0.25) is 0 Å². The number of esters is 1. The van der Waals surface area contributed by atoms with Crippen LogP contribution in [0.3, 0.4) is 0 Å². The van der Waals surface area contributed by atoms with Gasteiger partial charge >= 0.3 is 5.97 Å². The molecule has 0 aliphatic carbocycles. The van der Waals surface area contributed by atoms with Gasteiger partial charge in [-0.25, -0.2) is 4.79 Å². The Kier molecular flexibility index (Phi) is 4.35. The van der Waals surface area contributed by atoms with Crippen LogP contribution in [0.5, 0.6) is 5.75 Å². The number of nitrogens with zero attached hydrogens (tertiary/aromatic N) is 1. The molecule has 0 saturated carbocycles. The molecule has 1 aromatic heterocycles. The molecule has 2 aromatic rings. The summed E-state index contributed by atoms with van der Waals surface area (Å²) in [5, 5.41) is 0. The molecular weight excluding hydrogens is 254 g/mol. The number of carbonyl (C=O) groups is 1. The Morgan fingerprint density at radius 1 is 1.15 bits per heavy atom. The van der Waals surface area contributed by atoms with Gasteiger partial charge in [-0.2, -0.15) is 0 Å². The molecule has 0 aliphatic rings. The molecule has 0 atom stereocenters. The summed E-state index contributed by atoms with van der Waals surface area (Å²) in [6.45, 7) is 4.39. The van der Waals surface area contributed by atoms with E-state index in [9.17, 15) is 4.79 Å². The highest BCUT2D eigenvalue weighted by Gasteiger charge is 2.11. The second kappa shape index (κ2) is 6.19. The minimum absolute atomic E-state index is 0.367. The third-order valence-electron chi connectivity index (χ3n) is 2.95. The van der Waals surface area contributed by atoms with Crippen LogP contribution in [0, 0.1) is 6.92 Å². The van der Waals surface area contributed by atoms with E-state index in [1.807, 2.05) is 37.3 Å². The third kappa shape index (κ3) is 2.96. The summed E-state index contributed by atoms with van der Waals surface area (Å²) in [6.07, 6.45) is 0. The highest BCUT2D eigenvalue weighted by Crippen LogP contribution is 2.22. The Labute approximate surface area is 118 Å². The monoisotopic (exact) mass is 271 g/mol. The maximum Gasteiger partial charge on any atom is 0.339 e. The Bertz CT molecular complexity index is 606. The van der Waals surface area contributed by atoms with Crippen molar-refractivity contribution in [3.05, 3.63) is 47.7 Å². The van der Waals surface area contributed by atoms with E-state index in [1.54, 1.807) is 13.0 Å². The zero-order valence-corrected chi connectivity index (χ0v) is 11.8. The van der Waals surface area contributed by atoms with Crippen molar-refractivity contribution in [1.82, 2.24) is 4.98 Å². The topological polar surface area (TPSA) is 48.4 Å². The molecule has 0 amide bonds. The van der Waals surface area contributed by atoms with Gasteiger partial charge in [-0.05, 0) is 50.2 Å². The van der Waals surface area contributed by atoms with E-state index < -0.39 is 0 Å². The summed E-state index contributed by atoms with van der Waals surface area (Å²) >= 11 is 0. The minimum Gasteiger partial charge on any atom is -0.494 e. The number of ether oxygens (including phenoxy) is 2. The Morgan fingerprint density at radius 2 is 1.85 bits per heavy atom. The predicted molar refractivity (Wildman–Crippen MR) is 76.9 cm³/mol. The molecule has 1 aromatic carbocycles. The maximum absolute atomic E-state index is 11.5. The van der Waals surface area contributed by atoms with E-state index in [0.717, 1.165) is 17.0 Å². The van der Waals surface area contributed by atoms with Crippen LogP contribution in [-0.4, -0.2) is 24.7 Å². The van der Waals surface area contributed by atoms with Gasteiger partial charge in [-0.1, -0.05) is 0 Å². The van der Waals surface area contributed by atoms with Crippen LogP contribution in [0.15, 0.2) is 36.4 Å². The molecule has 0 radical (unpaired) electrons. The van der Waals surface area contributed by atoms with Crippen molar-refractivity contribution in [2.45, 2.75) is 13.8 Å². The quantitative estimate of drug-likeness (QED) is 0.801. The maximum atomic E-state index is 11.5. The van der Waals surface area contributed by atoms with Crippen LogP contribution in [0.4, 0.5) is 0 Å². The van der Waals surface area contributed by atoms with Crippen molar-refractivity contribution in [2.24, 2.45) is 0 Å². The fraction of sp³-hybridized carbons (Fsp3) is 0.250. The van der Waals surface area contributed by atoms with Crippen molar-refractivity contribution < 1.29 is 14.3 Å². The second-order valence-corrected chi connectivity index (χ2v) is 4.28. The molecule has 1 heterocycles. The highest BCUT2D eigenvalue weighted by molar-refractivity contribution is 5.90. The van der Waals surface area contributed by atoms with Crippen molar-refractivity contribution >= 4 is 5.97 Å². The van der Waals surface area contributed by atoms with Crippen LogP contribution in [0.25, 0.3) is 11.3 Å². The lowest BCUT2D eigenvalue weighted by molar-refractivity contribution is 0.0599. The molecule has 0 aliphatic heterocycles. The highest BCUT2D eigenvalue weighted by atomic mass is 16.5. The van der Waals surface area contributed by atoms with Gasteiger partial charge in [-0.15, -0.1) is 0 Å². The molecule has 0 N–H and O–H groups in total. The van der Waals surface area contributed by atoms with Crippen molar-refractivity contribution in [3.63, 3.8) is 0 Å². The lowest BCUT2D eigenvalue weighted by Gasteiger charge is -2.07. The number of aromatic nitrogens is 1. The summed E-state index contributed by atoms with van der Waals surface area (Å²) < 4.78 is 10.1. The number of aryl methyl sites for hydroxylation is 1. The number of hydrogen-bond donors (Lipinski definition) is 0. The van der Waals surface area contributed by atoms with E-state index in [1.165, 1.54) is 7.11 Å². The molecule has 0 spiro atoms. The molecule has 4 heteroatoms. The zero-order valence-electron chi connectivity index (χ0n) is 11.8. The van der Waals surface area contributed by atoms with Crippen molar-refractivity contribution in [2.75, 3.05) is 13.7 Å². The molecule has 4 nitrogen and oxygen atoms in total. The molecular formula is C16H17NO3. The van der Waals surface area contributed by atoms with Gasteiger partial charge in [0.1, 0.15) is 5.75 Å². The Balaban J connectivity index is 2.29. The molecule has 104 valence electrons. The normalized spacial score (nSPS) is 10.2. The van der Waals surface area contributed by atoms with E-state index >= 15 is 0 Å². The first kappa shape index (κ1) is 14.1. The van der Waals surface area contributed by atoms with Gasteiger partial charge < -0.3 is 9.47 Å². The number of benzene rings is 1. The molecule has 20 heavy (non-hydrogen) atoms. The molecule has 0 bridgehead atoms. The SMILES string of the molecule is CCOc1ccc(-c2ccc(C(=O)OC)c(C)n2)cc1. The summed E-state index contributed by atoms with van der Waals surface area (Å²) in [4.78, 5) is 16.0. The average Bonchev–Trinajstić information content (AvgIpc) is 2.47. The average molecular weight is 271 g/mol. The lowest BCUT2D eigenvalue weighted by atomic mass is 10.1. The smallest absolute Gasteiger partial charge is 0.339 e. The molecule has 0 fully saturated rings. The first-order valence-electron chi connectivity index (χ1n) is 6.45. The fourth-order valence-electron chi connectivity index (χ4n) is 1.94. The second-order valence-electron chi connectivity index (χ2n) is 4.28. The van der Waals surface area contributed by atoms with Crippen LogP contribution in [0.2, 0.25) is 0 Å². The standard InChI is InChI=1S/C16H17NO3/c1-4-20-13-7-5-12(6-8-13)15-10-9-14(11(2)17-15)16(18)19-3/h5-10H,4H2,1-3H3. The molecule has 0 saturated heterocycles. The Morgan fingerprint density at radius 3 is 2.40 bits per heavy atom. The van der Waals surface area contributed by atoms with Gasteiger partial charge in [0.05, 0.1) is 30.7 Å².